The molecule has 18 heavy (non-hydrogen) atoms. The first-order valence-electron chi connectivity index (χ1n) is 5.90. The van der Waals surface area contributed by atoms with Gasteiger partial charge in [-0.2, -0.15) is 0 Å². The number of rotatable bonds is 1. The standard InChI is InChI=1S/C15H13BrN2/c1-10-13(16)7-4-8-14(10)18-15-12-6-3-2-5-11(12)9-17-15/h2-8H,9H2,1H3,(H,17,18). The number of benzene rings is 2. The Labute approximate surface area is 115 Å². The van der Waals surface area contributed by atoms with Gasteiger partial charge in [-0.25, -0.2) is 0 Å². The number of aliphatic imine (C=N–C) groups is 1. The molecule has 0 amide bonds. The molecule has 3 rings (SSSR count). The van der Waals surface area contributed by atoms with Gasteiger partial charge in [0.1, 0.15) is 5.84 Å². The Morgan fingerprint density at radius 2 is 1.94 bits per heavy atom. The minimum atomic E-state index is 0.769. The first-order valence-corrected chi connectivity index (χ1v) is 6.70. The van der Waals surface area contributed by atoms with Gasteiger partial charge in [0.25, 0.3) is 0 Å². The van der Waals surface area contributed by atoms with E-state index in [1.165, 1.54) is 16.7 Å². The molecule has 3 heteroatoms. The van der Waals surface area contributed by atoms with Gasteiger partial charge in [-0.15, -0.1) is 0 Å². The highest BCUT2D eigenvalue weighted by atomic mass is 79.9. The third-order valence-corrected chi connectivity index (χ3v) is 4.06. The zero-order chi connectivity index (χ0) is 12.5. The van der Waals surface area contributed by atoms with Crippen LogP contribution in [0.25, 0.3) is 0 Å². The highest BCUT2D eigenvalue weighted by Crippen LogP contribution is 2.26. The average molecular weight is 301 g/mol. The lowest BCUT2D eigenvalue weighted by atomic mass is 10.1. The van der Waals surface area contributed by atoms with Gasteiger partial charge in [0.05, 0.1) is 6.54 Å². The van der Waals surface area contributed by atoms with Crippen LogP contribution in [-0.2, 0) is 6.54 Å². The normalized spacial score (nSPS) is 13.1. The van der Waals surface area contributed by atoms with E-state index in [9.17, 15) is 0 Å². The summed E-state index contributed by atoms with van der Waals surface area (Å²) in [5.41, 5.74) is 4.79. The molecule has 1 heterocycles. The maximum absolute atomic E-state index is 4.56. The summed E-state index contributed by atoms with van der Waals surface area (Å²) < 4.78 is 1.11. The van der Waals surface area contributed by atoms with Crippen molar-refractivity contribution in [1.29, 1.82) is 0 Å². The van der Waals surface area contributed by atoms with E-state index in [1.54, 1.807) is 0 Å². The van der Waals surface area contributed by atoms with E-state index < -0.39 is 0 Å². The van der Waals surface area contributed by atoms with Crippen molar-refractivity contribution in [3.63, 3.8) is 0 Å². The van der Waals surface area contributed by atoms with Crippen LogP contribution in [0.3, 0.4) is 0 Å². The molecule has 0 bridgehead atoms. The summed E-state index contributed by atoms with van der Waals surface area (Å²) in [5.74, 6) is 0.965. The van der Waals surface area contributed by atoms with Crippen LogP contribution in [-0.4, -0.2) is 5.84 Å². The van der Waals surface area contributed by atoms with Crippen molar-refractivity contribution in [3.05, 3.63) is 63.6 Å². The second-order valence-corrected chi connectivity index (χ2v) is 5.21. The van der Waals surface area contributed by atoms with Crippen LogP contribution in [0.1, 0.15) is 16.7 Å². The number of anilines is 1. The molecule has 0 aliphatic carbocycles. The number of fused-ring (bicyclic) bond motifs is 1. The monoisotopic (exact) mass is 300 g/mol. The minimum absolute atomic E-state index is 0.769. The molecule has 0 aromatic heterocycles. The second-order valence-electron chi connectivity index (χ2n) is 4.36. The molecule has 90 valence electrons. The highest BCUT2D eigenvalue weighted by molar-refractivity contribution is 9.10. The minimum Gasteiger partial charge on any atom is -0.340 e. The molecule has 2 aromatic rings. The van der Waals surface area contributed by atoms with E-state index in [0.717, 1.165) is 22.5 Å². The quantitative estimate of drug-likeness (QED) is 0.841. The average Bonchev–Trinajstić information content (AvgIpc) is 2.79. The second kappa shape index (κ2) is 4.58. The van der Waals surface area contributed by atoms with Crippen LogP contribution in [0.5, 0.6) is 0 Å². The fourth-order valence-electron chi connectivity index (χ4n) is 2.12. The maximum atomic E-state index is 4.56. The van der Waals surface area contributed by atoms with Gasteiger partial charge in [0.15, 0.2) is 0 Å². The molecule has 2 nitrogen and oxygen atoms in total. The molecular weight excluding hydrogens is 288 g/mol. The predicted molar refractivity (Wildman–Crippen MR) is 79.2 cm³/mol. The van der Waals surface area contributed by atoms with E-state index in [1.807, 2.05) is 12.1 Å². The van der Waals surface area contributed by atoms with E-state index >= 15 is 0 Å². The van der Waals surface area contributed by atoms with Crippen molar-refractivity contribution in [3.8, 4) is 0 Å². The van der Waals surface area contributed by atoms with Crippen LogP contribution in [0.15, 0.2) is 51.9 Å². The van der Waals surface area contributed by atoms with Gasteiger partial charge in [-0.05, 0) is 30.2 Å². The molecular formula is C15H13BrN2. The molecule has 1 N–H and O–H groups in total. The number of hydrogen-bond acceptors (Lipinski definition) is 2. The summed E-state index contributed by atoms with van der Waals surface area (Å²) in [6, 6.07) is 14.5. The predicted octanol–water partition coefficient (Wildman–Crippen LogP) is 4.13. The molecule has 0 atom stereocenters. The summed E-state index contributed by atoms with van der Waals surface area (Å²) in [5, 5.41) is 3.43. The van der Waals surface area contributed by atoms with E-state index in [4.69, 9.17) is 0 Å². The summed E-state index contributed by atoms with van der Waals surface area (Å²) >= 11 is 3.55. The van der Waals surface area contributed by atoms with Crippen molar-refractivity contribution in [1.82, 2.24) is 0 Å². The first-order chi connectivity index (χ1) is 8.75. The van der Waals surface area contributed by atoms with E-state index in [-0.39, 0.29) is 0 Å². The number of halogens is 1. The Balaban J connectivity index is 1.93. The van der Waals surface area contributed by atoms with Gasteiger partial charge in [0.2, 0.25) is 0 Å². The zero-order valence-corrected chi connectivity index (χ0v) is 11.7. The molecule has 1 aliphatic rings. The molecule has 0 unspecified atom stereocenters. The van der Waals surface area contributed by atoms with Gasteiger partial charge >= 0.3 is 0 Å². The fourth-order valence-corrected chi connectivity index (χ4v) is 2.48. The summed E-state index contributed by atoms with van der Waals surface area (Å²) in [6.07, 6.45) is 0. The van der Waals surface area contributed by atoms with E-state index in [0.29, 0.717) is 0 Å². The van der Waals surface area contributed by atoms with Crippen molar-refractivity contribution in [2.75, 3.05) is 5.32 Å². The Morgan fingerprint density at radius 3 is 2.83 bits per heavy atom. The summed E-state index contributed by atoms with van der Waals surface area (Å²) in [7, 11) is 0. The third-order valence-electron chi connectivity index (χ3n) is 3.20. The Hall–Kier alpha value is -1.61. The summed E-state index contributed by atoms with van der Waals surface area (Å²) in [6.45, 7) is 2.86. The topological polar surface area (TPSA) is 24.4 Å². The third kappa shape index (κ3) is 1.95. The first kappa shape index (κ1) is 11.5. The Kier molecular flexibility index (Phi) is 2.92. The molecule has 0 fully saturated rings. The lowest BCUT2D eigenvalue weighted by Gasteiger charge is -2.11. The van der Waals surface area contributed by atoms with Crippen LogP contribution in [0.2, 0.25) is 0 Å². The van der Waals surface area contributed by atoms with Gasteiger partial charge in [0, 0.05) is 15.7 Å². The molecule has 2 aromatic carbocycles. The number of nitrogens with zero attached hydrogens (tertiary/aromatic N) is 1. The van der Waals surface area contributed by atoms with Crippen LogP contribution >= 0.6 is 15.9 Å². The zero-order valence-electron chi connectivity index (χ0n) is 10.1. The number of hydrogen-bond donors (Lipinski definition) is 1. The maximum Gasteiger partial charge on any atom is 0.133 e. The molecule has 0 spiro atoms. The SMILES string of the molecule is Cc1c(Br)cccc1NC1=NCc2ccccc21. The van der Waals surface area contributed by atoms with Crippen molar-refractivity contribution in [2.24, 2.45) is 4.99 Å². The number of amidine groups is 1. The Morgan fingerprint density at radius 1 is 1.11 bits per heavy atom. The van der Waals surface area contributed by atoms with Crippen molar-refractivity contribution >= 4 is 27.5 Å². The van der Waals surface area contributed by atoms with E-state index in [2.05, 4.69) is 63.5 Å². The highest BCUT2D eigenvalue weighted by Gasteiger charge is 2.15. The lowest BCUT2D eigenvalue weighted by Crippen LogP contribution is -2.12. The van der Waals surface area contributed by atoms with Gasteiger partial charge in [-0.3, -0.25) is 4.99 Å². The summed E-state index contributed by atoms with van der Waals surface area (Å²) in [4.78, 5) is 4.56. The fraction of sp³-hybridized carbons (Fsp3) is 0.133. The number of nitrogens with one attached hydrogen (secondary N) is 1. The molecule has 0 saturated heterocycles. The Bertz CT molecular complexity index is 632. The van der Waals surface area contributed by atoms with Crippen molar-refractivity contribution < 1.29 is 0 Å². The van der Waals surface area contributed by atoms with Gasteiger partial charge < -0.3 is 5.32 Å². The smallest absolute Gasteiger partial charge is 0.133 e. The van der Waals surface area contributed by atoms with Gasteiger partial charge in [-0.1, -0.05) is 46.3 Å². The van der Waals surface area contributed by atoms with Crippen LogP contribution in [0.4, 0.5) is 5.69 Å². The van der Waals surface area contributed by atoms with Crippen LogP contribution < -0.4 is 5.32 Å². The lowest BCUT2D eigenvalue weighted by molar-refractivity contribution is 1.11. The largest absolute Gasteiger partial charge is 0.340 e. The molecule has 1 aliphatic heterocycles. The van der Waals surface area contributed by atoms with Crippen LogP contribution in [0, 0.1) is 6.92 Å². The molecule has 0 radical (unpaired) electrons. The van der Waals surface area contributed by atoms with Crippen molar-refractivity contribution in [2.45, 2.75) is 13.5 Å². The molecule has 0 saturated carbocycles.